The van der Waals surface area contributed by atoms with Crippen molar-refractivity contribution < 1.29 is 12.9 Å². The maximum absolute atomic E-state index is 12.9. The van der Waals surface area contributed by atoms with Gasteiger partial charge in [-0.2, -0.15) is 4.98 Å². The first-order chi connectivity index (χ1) is 16.8. The van der Waals surface area contributed by atoms with Gasteiger partial charge in [0.1, 0.15) is 0 Å². The Hall–Kier alpha value is -3.02. The molecule has 0 aliphatic heterocycles. The lowest BCUT2D eigenvalue weighted by Crippen LogP contribution is -2.23. The Kier molecular flexibility index (Phi) is 6.47. The van der Waals surface area contributed by atoms with Crippen LogP contribution in [0.2, 0.25) is 10.0 Å². The van der Waals surface area contributed by atoms with Crippen LogP contribution in [0.15, 0.2) is 80.9 Å². The van der Waals surface area contributed by atoms with E-state index in [9.17, 15) is 13.2 Å². The molecule has 0 aliphatic carbocycles. The minimum Gasteiger partial charge on any atom is -0.338 e. The van der Waals surface area contributed by atoms with Crippen molar-refractivity contribution in [2.75, 3.05) is 0 Å². The van der Waals surface area contributed by atoms with Crippen LogP contribution in [0.1, 0.15) is 11.5 Å². The smallest absolute Gasteiger partial charge is 0.308 e. The molecule has 0 fully saturated rings. The molecule has 5 aromatic rings. The van der Waals surface area contributed by atoms with Crippen molar-refractivity contribution >= 4 is 54.8 Å². The molecule has 0 spiro atoms. The van der Waals surface area contributed by atoms with E-state index in [4.69, 9.17) is 27.7 Å². The molecule has 0 saturated heterocycles. The van der Waals surface area contributed by atoms with Gasteiger partial charge in [0.2, 0.25) is 21.7 Å². The molecule has 1 N–H and O–H groups in total. The van der Waals surface area contributed by atoms with Crippen LogP contribution in [0.25, 0.3) is 21.6 Å². The number of nitrogens with zero attached hydrogens (tertiary/aromatic N) is 3. The third-order valence-electron chi connectivity index (χ3n) is 5.22. The molecule has 0 atom stereocenters. The zero-order chi connectivity index (χ0) is 24.6. The highest BCUT2D eigenvalue weighted by Crippen LogP contribution is 2.24. The van der Waals surface area contributed by atoms with E-state index in [0.717, 1.165) is 16.9 Å². The predicted molar refractivity (Wildman–Crippen MR) is 135 cm³/mol. The number of fused-ring (bicyclic) bond motifs is 1. The number of hydrogen-bond acceptors (Lipinski definition) is 7. The molecule has 0 saturated carbocycles. The number of hydrogen-bond donors (Lipinski definition) is 1. The van der Waals surface area contributed by atoms with E-state index in [0.29, 0.717) is 31.6 Å². The molecule has 0 unspecified atom stereocenters. The molecule has 0 aliphatic rings. The minimum atomic E-state index is -3.90. The van der Waals surface area contributed by atoms with Gasteiger partial charge < -0.3 is 4.52 Å². The standard InChI is InChI=1S/C23H16Cl2N4O4S2/c24-16-7-5-14(6-8-16)22-27-21(33-28-22)12-26-35(31,32)17-9-10-19-20(11-17)34-23(30)29(19)13-15-3-1-2-4-18(15)25/h1-11,26H,12-13H2. The second-order valence-electron chi connectivity index (χ2n) is 7.52. The number of sulfonamides is 1. The Morgan fingerprint density at radius 2 is 1.80 bits per heavy atom. The highest BCUT2D eigenvalue weighted by molar-refractivity contribution is 7.89. The van der Waals surface area contributed by atoms with Crippen LogP contribution in [-0.2, 0) is 23.1 Å². The summed E-state index contributed by atoms with van der Waals surface area (Å²) in [6, 6.07) is 18.7. The van der Waals surface area contributed by atoms with Crippen molar-refractivity contribution in [2.45, 2.75) is 18.0 Å². The first kappa shape index (κ1) is 23.7. The monoisotopic (exact) mass is 546 g/mol. The largest absolute Gasteiger partial charge is 0.338 e. The molecule has 2 aromatic heterocycles. The van der Waals surface area contributed by atoms with E-state index in [1.54, 1.807) is 41.0 Å². The van der Waals surface area contributed by atoms with Crippen molar-refractivity contribution in [1.82, 2.24) is 19.4 Å². The third kappa shape index (κ3) is 5.02. The van der Waals surface area contributed by atoms with Crippen molar-refractivity contribution in [3.05, 3.63) is 97.9 Å². The highest BCUT2D eigenvalue weighted by Gasteiger charge is 2.19. The van der Waals surface area contributed by atoms with E-state index >= 15 is 0 Å². The summed E-state index contributed by atoms with van der Waals surface area (Å²) in [5.41, 5.74) is 2.11. The second kappa shape index (κ2) is 9.56. The van der Waals surface area contributed by atoms with Gasteiger partial charge in [-0.05, 0) is 54.1 Å². The maximum atomic E-state index is 12.9. The van der Waals surface area contributed by atoms with Crippen LogP contribution in [0.4, 0.5) is 0 Å². The van der Waals surface area contributed by atoms with Crippen molar-refractivity contribution in [3.63, 3.8) is 0 Å². The lowest BCUT2D eigenvalue weighted by atomic mass is 10.2. The van der Waals surface area contributed by atoms with Gasteiger partial charge in [-0.3, -0.25) is 9.36 Å². The summed E-state index contributed by atoms with van der Waals surface area (Å²) in [5.74, 6) is 0.428. The van der Waals surface area contributed by atoms with Gasteiger partial charge in [0, 0.05) is 15.6 Å². The first-order valence-electron chi connectivity index (χ1n) is 10.3. The zero-order valence-electron chi connectivity index (χ0n) is 17.8. The normalized spacial score (nSPS) is 11.8. The van der Waals surface area contributed by atoms with Gasteiger partial charge in [-0.15, -0.1) is 0 Å². The average Bonchev–Trinajstić information content (AvgIpc) is 3.44. The maximum Gasteiger partial charge on any atom is 0.308 e. The fourth-order valence-corrected chi connectivity index (χ4v) is 5.77. The van der Waals surface area contributed by atoms with Gasteiger partial charge in [0.05, 0.1) is 28.2 Å². The summed E-state index contributed by atoms with van der Waals surface area (Å²) in [4.78, 5) is 16.6. The molecular weight excluding hydrogens is 531 g/mol. The number of rotatable bonds is 7. The molecular formula is C23H16Cl2N4O4S2. The molecule has 5 rings (SSSR count). The van der Waals surface area contributed by atoms with Gasteiger partial charge in [0.15, 0.2) is 0 Å². The first-order valence-corrected chi connectivity index (χ1v) is 13.3. The van der Waals surface area contributed by atoms with E-state index in [1.165, 1.54) is 12.1 Å². The quantitative estimate of drug-likeness (QED) is 0.309. The Labute approximate surface area is 213 Å². The second-order valence-corrected chi connectivity index (χ2v) is 11.1. The molecule has 0 amide bonds. The predicted octanol–water partition coefficient (Wildman–Crippen LogP) is 4.95. The molecule has 0 radical (unpaired) electrons. The summed E-state index contributed by atoms with van der Waals surface area (Å²) >= 11 is 13.1. The van der Waals surface area contributed by atoms with Crippen molar-refractivity contribution in [2.24, 2.45) is 0 Å². The Bertz CT molecular complexity index is 1690. The molecule has 35 heavy (non-hydrogen) atoms. The van der Waals surface area contributed by atoms with Gasteiger partial charge in [-0.1, -0.05) is 57.9 Å². The summed E-state index contributed by atoms with van der Waals surface area (Å²) in [6.45, 7) is 0.0979. The van der Waals surface area contributed by atoms with Crippen LogP contribution in [0.3, 0.4) is 0 Å². The molecule has 2 heterocycles. The molecule has 12 heteroatoms. The van der Waals surface area contributed by atoms with Crippen molar-refractivity contribution in [3.8, 4) is 11.4 Å². The Morgan fingerprint density at radius 3 is 2.57 bits per heavy atom. The van der Waals surface area contributed by atoms with Crippen LogP contribution in [0, 0.1) is 0 Å². The van der Waals surface area contributed by atoms with Crippen LogP contribution in [-0.4, -0.2) is 23.1 Å². The van der Waals surface area contributed by atoms with E-state index in [-0.39, 0.29) is 28.7 Å². The topological polar surface area (TPSA) is 107 Å². The number of nitrogens with one attached hydrogen (secondary N) is 1. The summed E-state index contributed by atoms with van der Waals surface area (Å²) in [6.07, 6.45) is 0. The molecule has 0 bridgehead atoms. The Morgan fingerprint density at radius 1 is 1.03 bits per heavy atom. The summed E-state index contributed by atoms with van der Waals surface area (Å²) in [5, 5.41) is 5.01. The van der Waals surface area contributed by atoms with Crippen molar-refractivity contribution in [1.29, 1.82) is 0 Å². The fourth-order valence-electron chi connectivity index (χ4n) is 3.44. The third-order valence-corrected chi connectivity index (χ3v) is 8.18. The van der Waals surface area contributed by atoms with Crippen LogP contribution >= 0.6 is 34.5 Å². The highest BCUT2D eigenvalue weighted by atomic mass is 35.5. The van der Waals surface area contributed by atoms with E-state index in [1.807, 2.05) is 18.2 Å². The Balaban J connectivity index is 1.35. The number of benzene rings is 3. The lowest BCUT2D eigenvalue weighted by Gasteiger charge is -2.07. The van der Waals surface area contributed by atoms with Crippen LogP contribution in [0.5, 0.6) is 0 Å². The molecule has 178 valence electrons. The summed E-state index contributed by atoms with van der Waals surface area (Å²) < 4.78 is 35.5. The SMILES string of the molecule is O=c1sc2cc(S(=O)(=O)NCc3nc(-c4ccc(Cl)cc4)no3)ccc2n1Cc1ccccc1Cl. The summed E-state index contributed by atoms with van der Waals surface area (Å²) in [7, 11) is -3.90. The molecule has 8 nitrogen and oxygen atoms in total. The zero-order valence-corrected chi connectivity index (χ0v) is 21.0. The van der Waals surface area contributed by atoms with Gasteiger partial charge in [0.25, 0.3) is 0 Å². The van der Waals surface area contributed by atoms with E-state index in [2.05, 4.69) is 14.9 Å². The van der Waals surface area contributed by atoms with Gasteiger partial charge in [-0.25, -0.2) is 13.1 Å². The average molecular weight is 547 g/mol. The van der Waals surface area contributed by atoms with Gasteiger partial charge >= 0.3 is 4.87 Å². The lowest BCUT2D eigenvalue weighted by molar-refractivity contribution is 0.376. The number of aromatic nitrogens is 3. The minimum absolute atomic E-state index is 0.0218. The van der Waals surface area contributed by atoms with E-state index < -0.39 is 10.0 Å². The number of halogens is 2. The van der Waals surface area contributed by atoms with Crippen LogP contribution < -0.4 is 9.60 Å². The number of thiazole rings is 1. The molecule has 3 aromatic carbocycles. The fraction of sp³-hybridized carbons (Fsp3) is 0.0870.